The summed E-state index contributed by atoms with van der Waals surface area (Å²) in [4.78, 5) is 12.7. The van der Waals surface area contributed by atoms with Gasteiger partial charge in [0, 0.05) is 18.8 Å². The van der Waals surface area contributed by atoms with E-state index in [1.807, 2.05) is 0 Å². The molecule has 0 atom stereocenters. The fourth-order valence-electron chi connectivity index (χ4n) is 2.97. The Bertz CT molecular complexity index is 1110. The van der Waals surface area contributed by atoms with Crippen molar-refractivity contribution in [2.75, 3.05) is 42.6 Å². The fourth-order valence-corrected chi connectivity index (χ4v) is 5.29. The maximum absolute atomic E-state index is 12.6. The third-order valence-electron chi connectivity index (χ3n) is 4.52. The second kappa shape index (κ2) is 10.1. The Morgan fingerprint density at radius 3 is 2.06 bits per heavy atom. The number of nitrogens with zero attached hydrogens (tertiary/aromatic N) is 2. The minimum atomic E-state index is -3.77. The van der Waals surface area contributed by atoms with Gasteiger partial charge in [-0.25, -0.2) is 16.8 Å². The second-order valence-corrected chi connectivity index (χ2v) is 10.4. The molecule has 0 bridgehead atoms. The Labute approximate surface area is 183 Å². The molecule has 0 aliphatic carbocycles. The summed E-state index contributed by atoms with van der Waals surface area (Å²) in [6.07, 6.45) is 1.000. The van der Waals surface area contributed by atoms with Crippen LogP contribution in [0.1, 0.15) is 13.8 Å². The number of anilines is 2. The number of sulfonamides is 2. The number of nitrogens with one attached hydrogen (secondary N) is 1. The summed E-state index contributed by atoms with van der Waals surface area (Å²) in [5.74, 6) is -0.276. The summed E-state index contributed by atoms with van der Waals surface area (Å²) in [5.41, 5.74) is 0.584. The zero-order valence-electron chi connectivity index (χ0n) is 17.9. The van der Waals surface area contributed by atoms with Crippen LogP contribution in [0.25, 0.3) is 0 Å². The third kappa shape index (κ3) is 5.96. The molecule has 0 aliphatic rings. The standard InChI is InChI=1S/C20H27N3O6S2/c1-5-22(6-2)31(27,28)17-13-11-16(12-14-17)21-20(24)15-23(30(4,25)26)18-9-7-8-10-19(18)29-3/h7-14H,5-6,15H2,1-4H3,(H,21,24). The van der Waals surface area contributed by atoms with Crippen LogP contribution in [0.15, 0.2) is 53.4 Å². The monoisotopic (exact) mass is 469 g/mol. The van der Waals surface area contributed by atoms with Crippen molar-refractivity contribution in [2.45, 2.75) is 18.7 Å². The van der Waals surface area contributed by atoms with Gasteiger partial charge < -0.3 is 10.1 Å². The van der Waals surface area contributed by atoms with Crippen LogP contribution >= 0.6 is 0 Å². The van der Waals surface area contributed by atoms with Gasteiger partial charge >= 0.3 is 0 Å². The number of hydrogen-bond acceptors (Lipinski definition) is 6. The van der Waals surface area contributed by atoms with Gasteiger partial charge in [0.2, 0.25) is 26.0 Å². The lowest BCUT2D eigenvalue weighted by Crippen LogP contribution is -2.37. The number of hydrogen-bond donors (Lipinski definition) is 1. The first-order chi connectivity index (χ1) is 14.5. The number of methoxy groups -OCH3 is 1. The Morgan fingerprint density at radius 2 is 1.55 bits per heavy atom. The first kappa shape index (κ1) is 24.6. The molecule has 9 nitrogen and oxygen atoms in total. The van der Waals surface area contributed by atoms with E-state index in [9.17, 15) is 21.6 Å². The Kier molecular flexibility index (Phi) is 8.04. The lowest BCUT2D eigenvalue weighted by Gasteiger charge is -2.23. The zero-order valence-corrected chi connectivity index (χ0v) is 19.5. The molecule has 0 aromatic heterocycles. The van der Waals surface area contributed by atoms with Gasteiger partial charge in [-0.3, -0.25) is 9.10 Å². The highest BCUT2D eigenvalue weighted by atomic mass is 32.2. The smallest absolute Gasteiger partial charge is 0.245 e. The molecular weight excluding hydrogens is 442 g/mol. The largest absolute Gasteiger partial charge is 0.495 e. The van der Waals surface area contributed by atoms with Crippen LogP contribution in [0.5, 0.6) is 5.75 Å². The maximum atomic E-state index is 12.6. The van der Waals surface area contributed by atoms with Crippen molar-refractivity contribution >= 4 is 37.3 Å². The molecule has 0 radical (unpaired) electrons. The molecule has 0 fully saturated rings. The predicted octanol–water partition coefficient (Wildman–Crippen LogP) is 2.13. The number of carbonyl (C=O) groups is 1. The number of ether oxygens (including phenoxy) is 1. The van der Waals surface area contributed by atoms with E-state index in [1.54, 1.807) is 38.1 Å². The van der Waals surface area contributed by atoms with Crippen molar-refractivity contribution < 1.29 is 26.4 Å². The highest BCUT2D eigenvalue weighted by Crippen LogP contribution is 2.29. The van der Waals surface area contributed by atoms with Crippen LogP contribution in [0, 0.1) is 0 Å². The molecule has 2 aromatic rings. The Hall–Kier alpha value is -2.63. The lowest BCUT2D eigenvalue weighted by atomic mass is 10.3. The second-order valence-electron chi connectivity index (χ2n) is 6.60. The maximum Gasteiger partial charge on any atom is 0.245 e. The van der Waals surface area contributed by atoms with E-state index in [4.69, 9.17) is 4.74 Å². The molecule has 170 valence electrons. The van der Waals surface area contributed by atoms with Crippen molar-refractivity contribution in [3.8, 4) is 5.75 Å². The SMILES string of the molecule is CCN(CC)S(=O)(=O)c1ccc(NC(=O)CN(c2ccccc2OC)S(C)(=O)=O)cc1. The van der Waals surface area contributed by atoms with E-state index in [-0.39, 0.29) is 10.6 Å². The van der Waals surface area contributed by atoms with E-state index >= 15 is 0 Å². The number of rotatable bonds is 10. The van der Waals surface area contributed by atoms with Gasteiger partial charge in [-0.2, -0.15) is 4.31 Å². The van der Waals surface area contributed by atoms with Crippen LogP contribution in [0.2, 0.25) is 0 Å². The van der Waals surface area contributed by atoms with Gasteiger partial charge in [0.05, 0.1) is 23.9 Å². The minimum absolute atomic E-state index is 0.112. The molecule has 0 unspecified atom stereocenters. The van der Waals surface area contributed by atoms with Crippen molar-refractivity contribution in [2.24, 2.45) is 0 Å². The molecule has 0 spiro atoms. The average Bonchev–Trinajstić information content (AvgIpc) is 2.72. The number of para-hydroxylation sites is 2. The molecular formula is C20H27N3O6S2. The summed E-state index contributed by atoms with van der Waals surface area (Å²) in [7, 11) is -5.97. The number of carbonyl (C=O) groups excluding carboxylic acids is 1. The van der Waals surface area contributed by atoms with Gasteiger partial charge in [0.15, 0.2) is 0 Å². The van der Waals surface area contributed by atoms with Gasteiger partial charge in [0.25, 0.3) is 0 Å². The van der Waals surface area contributed by atoms with Crippen molar-refractivity contribution in [1.29, 1.82) is 0 Å². The summed E-state index contributed by atoms with van der Waals surface area (Å²) in [5, 5.41) is 2.59. The minimum Gasteiger partial charge on any atom is -0.495 e. The van der Waals surface area contributed by atoms with E-state index in [2.05, 4.69) is 5.32 Å². The van der Waals surface area contributed by atoms with Crippen LogP contribution < -0.4 is 14.4 Å². The first-order valence-electron chi connectivity index (χ1n) is 9.55. The van der Waals surface area contributed by atoms with E-state index in [0.717, 1.165) is 10.6 Å². The van der Waals surface area contributed by atoms with Gasteiger partial charge in [-0.15, -0.1) is 0 Å². The van der Waals surface area contributed by atoms with Crippen LogP contribution in [-0.2, 0) is 24.8 Å². The molecule has 2 aromatic carbocycles. The summed E-state index contributed by atoms with van der Waals surface area (Å²) < 4.78 is 57.2. The molecule has 0 heterocycles. The topological polar surface area (TPSA) is 113 Å². The summed E-state index contributed by atoms with van der Waals surface area (Å²) >= 11 is 0. The van der Waals surface area contributed by atoms with E-state index in [1.165, 1.54) is 35.7 Å². The lowest BCUT2D eigenvalue weighted by molar-refractivity contribution is -0.114. The van der Waals surface area contributed by atoms with Crippen LogP contribution in [0.4, 0.5) is 11.4 Å². The Balaban J connectivity index is 2.21. The molecule has 1 N–H and O–H groups in total. The van der Waals surface area contributed by atoms with Crippen molar-refractivity contribution in [3.05, 3.63) is 48.5 Å². The average molecular weight is 470 g/mol. The molecule has 31 heavy (non-hydrogen) atoms. The molecule has 0 aliphatic heterocycles. The van der Waals surface area contributed by atoms with Gasteiger partial charge in [-0.05, 0) is 36.4 Å². The predicted molar refractivity (Wildman–Crippen MR) is 120 cm³/mol. The fraction of sp³-hybridized carbons (Fsp3) is 0.350. The van der Waals surface area contributed by atoms with Gasteiger partial charge in [-0.1, -0.05) is 26.0 Å². The van der Waals surface area contributed by atoms with Gasteiger partial charge in [0.1, 0.15) is 12.3 Å². The molecule has 0 saturated heterocycles. The molecule has 2 rings (SSSR count). The highest BCUT2D eigenvalue weighted by Gasteiger charge is 2.24. The Morgan fingerprint density at radius 1 is 0.968 bits per heavy atom. The van der Waals surface area contributed by atoms with Crippen LogP contribution in [0.3, 0.4) is 0 Å². The van der Waals surface area contributed by atoms with E-state index < -0.39 is 32.5 Å². The molecule has 11 heteroatoms. The first-order valence-corrected chi connectivity index (χ1v) is 12.8. The van der Waals surface area contributed by atoms with Crippen molar-refractivity contribution in [1.82, 2.24) is 4.31 Å². The summed E-state index contributed by atoms with van der Waals surface area (Å²) in [6, 6.07) is 12.2. The molecule has 0 saturated carbocycles. The summed E-state index contributed by atoms with van der Waals surface area (Å²) in [6.45, 7) is 3.73. The number of benzene rings is 2. The van der Waals surface area contributed by atoms with Crippen molar-refractivity contribution in [3.63, 3.8) is 0 Å². The third-order valence-corrected chi connectivity index (χ3v) is 7.71. The normalized spacial score (nSPS) is 11.9. The molecule has 1 amide bonds. The highest BCUT2D eigenvalue weighted by molar-refractivity contribution is 7.92. The van der Waals surface area contributed by atoms with Crippen LogP contribution in [-0.4, -0.2) is 60.0 Å². The zero-order chi connectivity index (χ0) is 23.2. The number of amides is 1. The van der Waals surface area contributed by atoms with E-state index in [0.29, 0.717) is 24.5 Å². The quantitative estimate of drug-likeness (QED) is 0.570.